The Kier molecular flexibility index (Phi) is 4.92. The van der Waals surface area contributed by atoms with Gasteiger partial charge in [0.15, 0.2) is 0 Å². The molecular formula is C15H17NO4. The van der Waals surface area contributed by atoms with Crippen LogP contribution in [0.4, 0.5) is 0 Å². The van der Waals surface area contributed by atoms with Crippen molar-refractivity contribution in [2.24, 2.45) is 0 Å². The molecule has 0 fully saturated rings. The summed E-state index contributed by atoms with van der Waals surface area (Å²) in [7, 11) is 1.66. The number of hydrogen-bond donors (Lipinski definition) is 2. The molecule has 0 bridgehead atoms. The van der Waals surface area contributed by atoms with Crippen LogP contribution in [0.1, 0.15) is 27.2 Å². The minimum atomic E-state index is -1.05. The highest BCUT2D eigenvalue weighted by Crippen LogP contribution is 2.11. The Labute approximate surface area is 117 Å². The predicted molar refractivity (Wildman–Crippen MR) is 73.4 cm³/mol. The van der Waals surface area contributed by atoms with Crippen LogP contribution < -0.4 is 5.32 Å². The second-order valence-electron chi connectivity index (χ2n) is 4.44. The van der Waals surface area contributed by atoms with E-state index in [4.69, 9.17) is 14.3 Å². The molecule has 0 unspecified atom stereocenters. The van der Waals surface area contributed by atoms with Crippen molar-refractivity contribution < 1.29 is 19.1 Å². The van der Waals surface area contributed by atoms with Gasteiger partial charge in [-0.05, 0) is 17.2 Å². The van der Waals surface area contributed by atoms with E-state index < -0.39 is 5.97 Å². The van der Waals surface area contributed by atoms with Crippen molar-refractivity contribution in [2.45, 2.75) is 19.7 Å². The Balaban J connectivity index is 1.91. The van der Waals surface area contributed by atoms with Gasteiger partial charge >= 0.3 is 5.97 Å². The van der Waals surface area contributed by atoms with Crippen LogP contribution in [-0.2, 0) is 24.4 Å². The van der Waals surface area contributed by atoms with Crippen molar-refractivity contribution in [3.63, 3.8) is 0 Å². The van der Waals surface area contributed by atoms with Gasteiger partial charge in [-0.1, -0.05) is 24.3 Å². The van der Waals surface area contributed by atoms with Crippen molar-refractivity contribution in [3.8, 4) is 0 Å². The lowest BCUT2D eigenvalue weighted by Gasteiger charge is -2.06. The van der Waals surface area contributed by atoms with Gasteiger partial charge in [-0.15, -0.1) is 0 Å². The smallest absolute Gasteiger partial charge is 0.372 e. The molecule has 0 amide bonds. The number of carboxylic acid groups (broad SMARTS) is 1. The lowest BCUT2D eigenvalue weighted by Crippen LogP contribution is -2.14. The van der Waals surface area contributed by atoms with E-state index in [9.17, 15) is 4.79 Å². The summed E-state index contributed by atoms with van der Waals surface area (Å²) < 4.78 is 10.0. The number of ether oxygens (including phenoxy) is 1. The lowest BCUT2D eigenvalue weighted by molar-refractivity contribution is 0.0660. The zero-order chi connectivity index (χ0) is 14.4. The molecule has 0 saturated heterocycles. The standard InChI is InChI=1S/C15H17NO4/c1-19-10-12-4-2-3-11(7-12)8-16-9-13-5-6-20-14(13)15(17)18/h2-7,16H,8-10H2,1H3,(H,17,18). The fraction of sp³-hybridized carbons (Fsp3) is 0.267. The molecule has 106 valence electrons. The molecule has 2 N–H and O–H groups in total. The van der Waals surface area contributed by atoms with Gasteiger partial charge < -0.3 is 19.6 Å². The van der Waals surface area contributed by atoms with Crippen LogP contribution in [0.2, 0.25) is 0 Å². The third-order valence-electron chi connectivity index (χ3n) is 2.89. The first kappa shape index (κ1) is 14.3. The molecule has 0 atom stereocenters. The first-order valence-electron chi connectivity index (χ1n) is 6.28. The third-order valence-corrected chi connectivity index (χ3v) is 2.89. The maximum Gasteiger partial charge on any atom is 0.372 e. The van der Waals surface area contributed by atoms with Gasteiger partial charge in [0.25, 0.3) is 0 Å². The first-order valence-corrected chi connectivity index (χ1v) is 6.28. The molecule has 0 aliphatic heterocycles. The molecule has 1 heterocycles. The number of aromatic carboxylic acids is 1. The fourth-order valence-electron chi connectivity index (χ4n) is 2.00. The van der Waals surface area contributed by atoms with Crippen LogP contribution >= 0.6 is 0 Å². The quantitative estimate of drug-likeness (QED) is 0.812. The van der Waals surface area contributed by atoms with Crippen molar-refractivity contribution in [1.29, 1.82) is 0 Å². The highest BCUT2D eigenvalue weighted by Gasteiger charge is 2.12. The van der Waals surface area contributed by atoms with Gasteiger partial charge in [-0.25, -0.2) is 4.79 Å². The summed E-state index contributed by atoms with van der Waals surface area (Å²) in [5.41, 5.74) is 2.88. The van der Waals surface area contributed by atoms with E-state index in [0.29, 0.717) is 25.3 Å². The zero-order valence-corrected chi connectivity index (χ0v) is 11.3. The Morgan fingerprint density at radius 2 is 2.10 bits per heavy atom. The first-order chi connectivity index (χ1) is 9.70. The van der Waals surface area contributed by atoms with Crippen LogP contribution in [-0.4, -0.2) is 18.2 Å². The number of hydrogen-bond acceptors (Lipinski definition) is 4. The number of furan rings is 1. The van der Waals surface area contributed by atoms with Crippen LogP contribution in [0, 0.1) is 0 Å². The van der Waals surface area contributed by atoms with Gasteiger partial charge in [-0.3, -0.25) is 0 Å². The Bertz CT molecular complexity index is 577. The third kappa shape index (κ3) is 3.69. The van der Waals surface area contributed by atoms with Crippen LogP contribution in [0.25, 0.3) is 0 Å². The van der Waals surface area contributed by atoms with Crippen molar-refractivity contribution in [1.82, 2.24) is 5.32 Å². The van der Waals surface area contributed by atoms with E-state index in [1.807, 2.05) is 18.2 Å². The van der Waals surface area contributed by atoms with Gasteiger partial charge in [0, 0.05) is 25.8 Å². The van der Waals surface area contributed by atoms with Crippen molar-refractivity contribution in [3.05, 3.63) is 59.0 Å². The molecule has 2 aromatic rings. The second kappa shape index (κ2) is 6.88. The van der Waals surface area contributed by atoms with E-state index >= 15 is 0 Å². The number of rotatable bonds is 7. The summed E-state index contributed by atoms with van der Waals surface area (Å²) in [4.78, 5) is 10.9. The highest BCUT2D eigenvalue weighted by molar-refractivity contribution is 5.86. The fourth-order valence-corrected chi connectivity index (χ4v) is 2.00. The molecule has 0 aliphatic rings. The van der Waals surface area contributed by atoms with Crippen LogP contribution in [0.5, 0.6) is 0 Å². The molecular weight excluding hydrogens is 258 g/mol. The molecule has 0 radical (unpaired) electrons. The SMILES string of the molecule is COCc1cccc(CNCc2ccoc2C(=O)O)c1. The monoisotopic (exact) mass is 275 g/mol. The number of nitrogens with one attached hydrogen (secondary N) is 1. The van der Waals surface area contributed by atoms with E-state index in [1.54, 1.807) is 13.2 Å². The van der Waals surface area contributed by atoms with E-state index in [-0.39, 0.29) is 5.76 Å². The lowest BCUT2D eigenvalue weighted by atomic mass is 10.1. The average molecular weight is 275 g/mol. The number of benzene rings is 1. The van der Waals surface area contributed by atoms with Crippen molar-refractivity contribution >= 4 is 5.97 Å². The second-order valence-corrected chi connectivity index (χ2v) is 4.44. The van der Waals surface area contributed by atoms with Crippen LogP contribution in [0.15, 0.2) is 41.0 Å². The summed E-state index contributed by atoms with van der Waals surface area (Å²) >= 11 is 0. The molecule has 0 saturated carbocycles. The average Bonchev–Trinajstić information content (AvgIpc) is 2.88. The van der Waals surface area contributed by atoms with Gasteiger partial charge in [0.1, 0.15) is 0 Å². The molecule has 5 nitrogen and oxygen atoms in total. The summed E-state index contributed by atoms with van der Waals surface area (Å²) in [6.07, 6.45) is 1.39. The van der Waals surface area contributed by atoms with E-state index in [0.717, 1.165) is 11.1 Å². The highest BCUT2D eigenvalue weighted by atomic mass is 16.5. The van der Waals surface area contributed by atoms with E-state index in [1.165, 1.54) is 6.26 Å². The van der Waals surface area contributed by atoms with Gasteiger partial charge in [0.05, 0.1) is 12.9 Å². The summed E-state index contributed by atoms with van der Waals surface area (Å²) in [6, 6.07) is 9.72. The maximum absolute atomic E-state index is 10.9. The summed E-state index contributed by atoms with van der Waals surface area (Å²) in [6.45, 7) is 1.69. The Hall–Kier alpha value is -2.11. The van der Waals surface area contributed by atoms with Gasteiger partial charge in [-0.2, -0.15) is 0 Å². The zero-order valence-electron chi connectivity index (χ0n) is 11.3. The Morgan fingerprint density at radius 3 is 2.85 bits per heavy atom. The van der Waals surface area contributed by atoms with Crippen molar-refractivity contribution in [2.75, 3.05) is 7.11 Å². The largest absolute Gasteiger partial charge is 0.475 e. The molecule has 2 rings (SSSR count). The topological polar surface area (TPSA) is 71.7 Å². The number of methoxy groups -OCH3 is 1. The molecule has 1 aromatic heterocycles. The Morgan fingerprint density at radius 1 is 1.30 bits per heavy atom. The molecule has 1 aromatic carbocycles. The van der Waals surface area contributed by atoms with E-state index in [2.05, 4.69) is 11.4 Å². The molecule has 0 aliphatic carbocycles. The number of carboxylic acids is 1. The maximum atomic E-state index is 10.9. The summed E-state index contributed by atoms with van der Waals surface area (Å²) in [5, 5.41) is 12.1. The normalized spacial score (nSPS) is 10.7. The van der Waals surface area contributed by atoms with Gasteiger partial charge in [0.2, 0.25) is 5.76 Å². The summed E-state index contributed by atoms with van der Waals surface area (Å²) in [5.74, 6) is -1.06. The minimum Gasteiger partial charge on any atom is -0.475 e. The molecule has 20 heavy (non-hydrogen) atoms. The molecule has 5 heteroatoms. The number of carbonyl (C=O) groups is 1. The predicted octanol–water partition coefficient (Wildman–Crippen LogP) is 2.41. The van der Waals surface area contributed by atoms with Crippen LogP contribution in [0.3, 0.4) is 0 Å². The molecule has 0 spiro atoms. The minimum absolute atomic E-state index is 0.00867.